The molecule has 0 aromatic carbocycles. The van der Waals surface area contributed by atoms with Gasteiger partial charge in [0.25, 0.3) is 0 Å². The third kappa shape index (κ3) is 10.1. The highest BCUT2D eigenvalue weighted by Gasteiger charge is 2.22. The highest BCUT2D eigenvalue weighted by molar-refractivity contribution is 7.47. The Balaban J connectivity index is 3.74. The van der Waals surface area contributed by atoms with Crippen LogP contribution in [-0.4, -0.2) is 50.2 Å². The molecule has 0 spiro atoms. The first-order chi connectivity index (χ1) is 6.77. The third-order valence-electron chi connectivity index (χ3n) is 1.42. The Labute approximate surface area is 90.6 Å². The van der Waals surface area contributed by atoms with Crippen LogP contribution in [0.25, 0.3) is 0 Å². The Hall–Kier alpha value is -0.230. The van der Waals surface area contributed by atoms with Gasteiger partial charge in [-0.3, -0.25) is 4.52 Å². The Kier molecular flexibility index (Phi) is 6.28. The van der Waals surface area contributed by atoms with Crippen molar-refractivity contribution in [1.82, 2.24) is 5.48 Å². The molecule has 0 fully saturated rings. The molecular formula is C8H20N2O4P+. The average molecular weight is 239 g/mol. The summed E-state index contributed by atoms with van der Waals surface area (Å²) in [6.07, 6.45) is 1.51. The topological polar surface area (TPSA) is 67.8 Å². The van der Waals surface area contributed by atoms with Gasteiger partial charge in [-0.25, -0.2) is 4.57 Å². The summed E-state index contributed by atoms with van der Waals surface area (Å²) < 4.78 is 21.0. The highest BCUT2D eigenvalue weighted by atomic mass is 31.2. The molecule has 0 aliphatic heterocycles. The normalized spacial score (nSPS) is 16.0. The van der Waals surface area contributed by atoms with Crippen molar-refractivity contribution in [2.75, 3.05) is 40.8 Å². The van der Waals surface area contributed by atoms with Gasteiger partial charge in [-0.1, -0.05) is 6.08 Å². The number of quaternary nitrogens is 1. The van der Waals surface area contributed by atoms with E-state index in [4.69, 9.17) is 9.42 Å². The van der Waals surface area contributed by atoms with Crippen LogP contribution in [0.3, 0.4) is 0 Å². The van der Waals surface area contributed by atoms with Gasteiger partial charge in [-0.15, -0.1) is 6.58 Å². The minimum absolute atomic E-state index is 0.160. The molecule has 0 saturated heterocycles. The Morgan fingerprint density at radius 1 is 1.53 bits per heavy atom. The summed E-state index contributed by atoms with van der Waals surface area (Å²) in [5.74, 6) is 0. The van der Waals surface area contributed by atoms with Crippen molar-refractivity contribution in [2.45, 2.75) is 0 Å². The van der Waals surface area contributed by atoms with Crippen LogP contribution in [0.2, 0.25) is 0 Å². The summed E-state index contributed by atoms with van der Waals surface area (Å²) in [5, 5.41) is 0. The van der Waals surface area contributed by atoms with Crippen molar-refractivity contribution >= 4 is 7.82 Å². The van der Waals surface area contributed by atoms with E-state index in [0.29, 0.717) is 11.0 Å². The van der Waals surface area contributed by atoms with Crippen molar-refractivity contribution in [3.63, 3.8) is 0 Å². The standard InChI is InChI=1S/C8H19N2O4P/c1-5-6-9-14-15(11,12)13-8-7-10(2,3)4/h5,9H,1,6-8H2,2-4H3/p+1. The third-order valence-corrected chi connectivity index (χ3v) is 2.29. The van der Waals surface area contributed by atoms with E-state index in [0.717, 1.165) is 0 Å². The minimum Gasteiger partial charge on any atom is -0.329 e. The highest BCUT2D eigenvalue weighted by Crippen LogP contribution is 2.41. The quantitative estimate of drug-likeness (QED) is 0.212. The number of nitrogens with zero attached hydrogens (tertiary/aromatic N) is 1. The first-order valence-corrected chi connectivity index (χ1v) is 6.06. The number of phosphoric ester groups is 1. The van der Waals surface area contributed by atoms with Crippen molar-refractivity contribution in [2.24, 2.45) is 0 Å². The number of rotatable bonds is 8. The fourth-order valence-corrected chi connectivity index (χ4v) is 1.24. The molecule has 1 atom stereocenters. The van der Waals surface area contributed by atoms with Crippen LogP contribution < -0.4 is 5.48 Å². The second-order valence-electron chi connectivity index (χ2n) is 4.04. The molecule has 0 heterocycles. The van der Waals surface area contributed by atoms with Crippen LogP contribution in [0.1, 0.15) is 0 Å². The maximum absolute atomic E-state index is 11.2. The van der Waals surface area contributed by atoms with Gasteiger partial charge in [0.1, 0.15) is 13.2 Å². The number of phosphoric acid groups is 1. The van der Waals surface area contributed by atoms with Gasteiger partial charge in [-0.2, -0.15) is 10.1 Å². The number of likely N-dealkylation sites (N-methyl/N-ethyl adjacent to an activating group) is 1. The van der Waals surface area contributed by atoms with E-state index in [2.05, 4.69) is 16.7 Å². The van der Waals surface area contributed by atoms with E-state index >= 15 is 0 Å². The number of hydroxylamine groups is 1. The lowest BCUT2D eigenvalue weighted by Crippen LogP contribution is -2.37. The Bertz CT molecular complexity index is 239. The van der Waals surface area contributed by atoms with Crippen LogP contribution in [0.4, 0.5) is 0 Å². The molecule has 0 amide bonds. The molecule has 0 aliphatic carbocycles. The predicted octanol–water partition coefficient (Wildman–Crippen LogP) is 0.517. The summed E-state index contributed by atoms with van der Waals surface area (Å²) in [6, 6.07) is 0. The van der Waals surface area contributed by atoms with Crippen LogP contribution in [-0.2, 0) is 13.7 Å². The monoisotopic (exact) mass is 239 g/mol. The summed E-state index contributed by atoms with van der Waals surface area (Å²) >= 11 is 0. The fourth-order valence-electron chi connectivity index (χ4n) is 0.634. The number of hydrogen-bond donors (Lipinski definition) is 2. The molecule has 0 aliphatic rings. The molecule has 0 aromatic heterocycles. The Morgan fingerprint density at radius 2 is 2.13 bits per heavy atom. The summed E-state index contributed by atoms with van der Waals surface area (Å²) in [4.78, 5) is 9.15. The average Bonchev–Trinajstić information content (AvgIpc) is 2.01. The number of nitrogens with one attached hydrogen (secondary N) is 1. The largest absolute Gasteiger partial charge is 0.489 e. The molecule has 0 radical (unpaired) electrons. The van der Waals surface area contributed by atoms with E-state index < -0.39 is 7.82 Å². The van der Waals surface area contributed by atoms with Crippen LogP contribution >= 0.6 is 7.82 Å². The van der Waals surface area contributed by atoms with Crippen molar-refractivity contribution in [1.29, 1.82) is 0 Å². The van der Waals surface area contributed by atoms with Gasteiger partial charge >= 0.3 is 7.82 Å². The zero-order valence-corrected chi connectivity index (χ0v) is 10.4. The molecule has 7 heteroatoms. The maximum atomic E-state index is 11.2. The minimum atomic E-state index is -3.98. The van der Waals surface area contributed by atoms with E-state index in [1.54, 1.807) is 0 Å². The molecule has 1 unspecified atom stereocenters. The molecule has 0 bridgehead atoms. The molecule has 0 aromatic rings. The molecule has 90 valence electrons. The molecule has 15 heavy (non-hydrogen) atoms. The van der Waals surface area contributed by atoms with Gasteiger partial charge in [0.15, 0.2) is 0 Å². The van der Waals surface area contributed by atoms with Gasteiger partial charge < -0.3 is 9.38 Å². The van der Waals surface area contributed by atoms with Crippen LogP contribution in [0.15, 0.2) is 12.7 Å². The zero-order valence-electron chi connectivity index (χ0n) is 9.47. The first kappa shape index (κ1) is 14.8. The van der Waals surface area contributed by atoms with E-state index in [1.165, 1.54) is 6.08 Å². The predicted molar refractivity (Wildman–Crippen MR) is 58.0 cm³/mol. The van der Waals surface area contributed by atoms with Crippen LogP contribution in [0.5, 0.6) is 0 Å². The zero-order chi connectivity index (χ0) is 11.9. The molecular weight excluding hydrogens is 219 g/mol. The molecule has 0 rings (SSSR count). The second-order valence-corrected chi connectivity index (χ2v) is 5.42. The SMILES string of the molecule is C=CCNOP(=O)(O)OCC[N+](C)(C)C. The summed E-state index contributed by atoms with van der Waals surface area (Å²) in [5.41, 5.74) is 2.26. The van der Waals surface area contributed by atoms with Crippen LogP contribution in [0, 0.1) is 0 Å². The van der Waals surface area contributed by atoms with Crippen molar-refractivity contribution in [3.8, 4) is 0 Å². The lowest BCUT2D eigenvalue weighted by Gasteiger charge is -2.23. The van der Waals surface area contributed by atoms with Crippen molar-refractivity contribution < 1.29 is 23.1 Å². The smallest absolute Gasteiger partial charge is 0.329 e. The van der Waals surface area contributed by atoms with Gasteiger partial charge in [0.2, 0.25) is 0 Å². The Morgan fingerprint density at radius 3 is 2.60 bits per heavy atom. The maximum Gasteiger partial charge on any atom is 0.489 e. The van der Waals surface area contributed by atoms with E-state index in [9.17, 15) is 4.57 Å². The van der Waals surface area contributed by atoms with Gasteiger partial charge in [0, 0.05) is 6.54 Å². The first-order valence-electron chi connectivity index (χ1n) is 4.57. The fraction of sp³-hybridized carbons (Fsp3) is 0.750. The van der Waals surface area contributed by atoms with Crippen molar-refractivity contribution in [3.05, 3.63) is 12.7 Å². The molecule has 2 N–H and O–H groups in total. The van der Waals surface area contributed by atoms with Gasteiger partial charge in [-0.05, 0) is 0 Å². The second kappa shape index (κ2) is 6.37. The van der Waals surface area contributed by atoms with E-state index in [1.807, 2.05) is 21.1 Å². The van der Waals surface area contributed by atoms with E-state index in [-0.39, 0.29) is 13.2 Å². The lowest BCUT2D eigenvalue weighted by atomic mass is 10.5. The molecule has 0 saturated carbocycles. The van der Waals surface area contributed by atoms with Gasteiger partial charge in [0.05, 0.1) is 21.1 Å². The molecule has 6 nitrogen and oxygen atoms in total. The summed E-state index contributed by atoms with van der Waals surface area (Å²) in [6.45, 7) is 4.48. The summed E-state index contributed by atoms with van der Waals surface area (Å²) in [7, 11) is 1.91. The lowest BCUT2D eigenvalue weighted by molar-refractivity contribution is -0.870. The number of hydrogen-bond acceptors (Lipinski definition) is 4.